The van der Waals surface area contributed by atoms with Gasteiger partial charge in [-0.1, -0.05) is 36.4 Å². The number of nitrogens with one attached hydrogen (secondary N) is 1. The van der Waals surface area contributed by atoms with Crippen LogP contribution in [0.25, 0.3) is 32.6 Å². The lowest BCUT2D eigenvalue weighted by Crippen LogP contribution is -1.78. The van der Waals surface area contributed by atoms with Crippen LogP contribution in [0.2, 0.25) is 0 Å². The van der Waals surface area contributed by atoms with Crippen molar-refractivity contribution in [1.29, 1.82) is 0 Å². The summed E-state index contributed by atoms with van der Waals surface area (Å²) in [6.07, 6.45) is 0. The minimum absolute atomic E-state index is 0.775. The third-order valence-electron chi connectivity index (χ3n) is 3.32. The average Bonchev–Trinajstić information content (AvgIpc) is 2.75. The molecule has 0 aliphatic heterocycles. The molecule has 2 nitrogen and oxygen atoms in total. The molecule has 0 aliphatic carbocycles. The lowest BCUT2D eigenvalue weighted by molar-refractivity contribution is 1.27. The summed E-state index contributed by atoms with van der Waals surface area (Å²) >= 11 is 3.38. The first-order valence-electron chi connectivity index (χ1n) is 5.78. The van der Waals surface area contributed by atoms with Gasteiger partial charge in [0.1, 0.15) is 0 Å². The topological polar surface area (TPSA) is 28.7 Å². The van der Waals surface area contributed by atoms with Gasteiger partial charge in [0.05, 0.1) is 11.0 Å². The van der Waals surface area contributed by atoms with Crippen LogP contribution in [0.1, 0.15) is 0 Å². The van der Waals surface area contributed by atoms with Crippen LogP contribution in [-0.4, -0.2) is 9.97 Å². The Morgan fingerprint density at radius 1 is 0.889 bits per heavy atom. The van der Waals surface area contributed by atoms with Gasteiger partial charge in [-0.25, -0.2) is 4.98 Å². The third-order valence-corrected chi connectivity index (χ3v) is 3.69. The summed E-state index contributed by atoms with van der Waals surface area (Å²) < 4.78 is 0.775. The van der Waals surface area contributed by atoms with Crippen molar-refractivity contribution in [1.82, 2.24) is 9.97 Å². The maximum atomic E-state index is 4.43. The summed E-state index contributed by atoms with van der Waals surface area (Å²) in [5.41, 5.74) is 2.05. The van der Waals surface area contributed by atoms with E-state index in [2.05, 4.69) is 74.4 Å². The van der Waals surface area contributed by atoms with Crippen LogP contribution in [-0.2, 0) is 0 Å². The zero-order valence-corrected chi connectivity index (χ0v) is 11.0. The summed E-state index contributed by atoms with van der Waals surface area (Å²) in [4.78, 5) is 7.64. The molecule has 1 N–H and O–H groups in total. The SMILES string of the molecule is Brc1nc2cc3c(ccc4ccccc43)cc2[nH]1. The fourth-order valence-corrected chi connectivity index (χ4v) is 2.89. The van der Waals surface area contributed by atoms with Gasteiger partial charge in [0.25, 0.3) is 0 Å². The van der Waals surface area contributed by atoms with E-state index in [0.29, 0.717) is 0 Å². The van der Waals surface area contributed by atoms with E-state index in [1.807, 2.05) is 0 Å². The molecular formula is C15H9BrN2. The van der Waals surface area contributed by atoms with Crippen LogP contribution in [0.4, 0.5) is 0 Å². The second-order valence-corrected chi connectivity index (χ2v) is 5.16. The molecule has 4 aromatic rings. The van der Waals surface area contributed by atoms with Crippen LogP contribution in [0.5, 0.6) is 0 Å². The molecule has 18 heavy (non-hydrogen) atoms. The van der Waals surface area contributed by atoms with E-state index in [4.69, 9.17) is 0 Å². The minimum atomic E-state index is 0.775. The second kappa shape index (κ2) is 3.56. The molecule has 0 bridgehead atoms. The van der Waals surface area contributed by atoms with Crippen LogP contribution in [0.3, 0.4) is 0 Å². The fourth-order valence-electron chi connectivity index (χ4n) is 2.48. The number of rotatable bonds is 0. The highest BCUT2D eigenvalue weighted by Gasteiger charge is 2.05. The lowest BCUT2D eigenvalue weighted by atomic mass is 10.0. The number of imidazole rings is 1. The van der Waals surface area contributed by atoms with Crippen molar-refractivity contribution in [2.24, 2.45) is 0 Å². The molecule has 4 rings (SSSR count). The molecular weight excluding hydrogens is 288 g/mol. The first kappa shape index (κ1) is 10.1. The van der Waals surface area contributed by atoms with Crippen LogP contribution in [0.15, 0.2) is 53.3 Å². The smallest absolute Gasteiger partial charge is 0.175 e. The summed E-state index contributed by atoms with van der Waals surface area (Å²) in [6.45, 7) is 0. The zero-order chi connectivity index (χ0) is 12.1. The van der Waals surface area contributed by atoms with Crippen molar-refractivity contribution in [2.45, 2.75) is 0 Å². The van der Waals surface area contributed by atoms with Crippen molar-refractivity contribution in [3.05, 3.63) is 53.3 Å². The number of fused-ring (bicyclic) bond motifs is 4. The number of nitrogens with zero attached hydrogens (tertiary/aromatic N) is 1. The van der Waals surface area contributed by atoms with Gasteiger partial charge in [-0.15, -0.1) is 0 Å². The van der Waals surface area contributed by atoms with Crippen molar-refractivity contribution >= 4 is 48.5 Å². The van der Waals surface area contributed by atoms with Crippen LogP contribution in [0, 0.1) is 0 Å². The van der Waals surface area contributed by atoms with Crippen molar-refractivity contribution in [3.63, 3.8) is 0 Å². The lowest BCUT2D eigenvalue weighted by Gasteiger charge is -2.03. The number of hydrogen-bond donors (Lipinski definition) is 1. The molecule has 0 atom stereocenters. The van der Waals surface area contributed by atoms with E-state index < -0.39 is 0 Å². The van der Waals surface area contributed by atoms with E-state index >= 15 is 0 Å². The molecule has 86 valence electrons. The number of aromatic amines is 1. The molecule has 1 heterocycles. The summed E-state index contributed by atoms with van der Waals surface area (Å²) in [6, 6.07) is 17.1. The summed E-state index contributed by atoms with van der Waals surface area (Å²) in [5, 5.41) is 5.02. The molecule has 0 radical (unpaired) electrons. The number of halogens is 1. The van der Waals surface area contributed by atoms with Gasteiger partial charge < -0.3 is 4.98 Å². The van der Waals surface area contributed by atoms with E-state index in [1.54, 1.807) is 0 Å². The summed E-state index contributed by atoms with van der Waals surface area (Å²) in [5.74, 6) is 0. The standard InChI is InChI=1S/C15H9BrN2/c16-15-17-13-7-10-6-5-9-3-1-2-4-11(9)12(10)8-14(13)18-15/h1-8H,(H,17,18). The Morgan fingerprint density at radius 3 is 2.67 bits per heavy atom. The Bertz CT molecular complexity index is 893. The summed E-state index contributed by atoms with van der Waals surface area (Å²) in [7, 11) is 0. The highest BCUT2D eigenvalue weighted by atomic mass is 79.9. The van der Waals surface area contributed by atoms with Gasteiger partial charge in [0.15, 0.2) is 4.73 Å². The average molecular weight is 297 g/mol. The second-order valence-electron chi connectivity index (χ2n) is 4.40. The number of hydrogen-bond acceptors (Lipinski definition) is 1. The molecule has 0 saturated carbocycles. The Kier molecular flexibility index (Phi) is 2.00. The fraction of sp³-hybridized carbons (Fsp3) is 0. The monoisotopic (exact) mass is 296 g/mol. The molecule has 0 fully saturated rings. The quantitative estimate of drug-likeness (QED) is 0.471. The Hall–Kier alpha value is -1.87. The molecule has 3 heteroatoms. The van der Waals surface area contributed by atoms with Gasteiger partial charge in [-0.2, -0.15) is 0 Å². The van der Waals surface area contributed by atoms with Gasteiger partial charge >= 0.3 is 0 Å². The van der Waals surface area contributed by atoms with E-state index in [0.717, 1.165) is 15.8 Å². The Balaban J connectivity index is 2.26. The largest absolute Gasteiger partial charge is 0.332 e. The van der Waals surface area contributed by atoms with Gasteiger partial charge in [0, 0.05) is 0 Å². The highest BCUT2D eigenvalue weighted by Crippen LogP contribution is 2.29. The Morgan fingerprint density at radius 2 is 1.72 bits per heavy atom. The normalized spacial score (nSPS) is 11.6. The predicted octanol–water partition coefficient (Wildman–Crippen LogP) is 4.63. The van der Waals surface area contributed by atoms with Gasteiger partial charge in [0.2, 0.25) is 0 Å². The maximum absolute atomic E-state index is 4.43. The van der Waals surface area contributed by atoms with Crippen molar-refractivity contribution < 1.29 is 0 Å². The van der Waals surface area contributed by atoms with Gasteiger partial charge in [-0.05, 0) is 49.6 Å². The van der Waals surface area contributed by atoms with Crippen molar-refractivity contribution in [2.75, 3.05) is 0 Å². The number of aromatic nitrogens is 2. The number of H-pyrrole nitrogens is 1. The third kappa shape index (κ3) is 1.37. The Labute approximate surface area is 112 Å². The maximum Gasteiger partial charge on any atom is 0.175 e. The van der Waals surface area contributed by atoms with Crippen LogP contribution < -0.4 is 0 Å². The van der Waals surface area contributed by atoms with E-state index in [1.165, 1.54) is 21.5 Å². The number of benzene rings is 3. The van der Waals surface area contributed by atoms with E-state index in [-0.39, 0.29) is 0 Å². The minimum Gasteiger partial charge on any atom is -0.332 e. The first-order chi connectivity index (χ1) is 8.81. The molecule has 0 unspecified atom stereocenters. The van der Waals surface area contributed by atoms with Gasteiger partial charge in [-0.3, -0.25) is 0 Å². The zero-order valence-electron chi connectivity index (χ0n) is 9.44. The molecule has 1 aromatic heterocycles. The molecule has 0 aliphatic rings. The molecule has 0 amide bonds. The first-order valence-corrected chi connectivity index (χ1v) is 6.57. The van der Waals surface area contributed by atoms with Crippen LogP contribution >= 0.6 is 15.9 Å². The van der Waals surface area contributed by atoms with Crippen molar-refractivity contribution in [3.8, 4) is 0 Å². The van der Waals surface area contributed by atoms with E-state index in [9.17, 15) is 0 Å². The predicted molar refractivity (Wildman–Crippen MR) is 78.8 cm³/mol. The molecule has 3 aromatic carbocycles. The molecule has 0 saturated heterocycles. The molecule has 0 spiro atoms. The highest BCUT2D eigenvalue weighted by molar-refractivity contribution is 9.10.